The van der Waals surface area contributed by atoms with E-state index in [9.17, 15) is 0 Å². The SMILES string of the molecule is C[C@@H]1CCC[C@@H](OCc2nnc(Cc3cccs3)o2)C1. The van der Waals surface area contributed by atoms with E-state index in [1.54, 1.807) is 11.3 Å². The van der Waals surface area contributed by atoms with Gasteiger partial charge in [0.1, 0.15) is 6.61 Å². The van der Waals surface area contributed by atoms with Crippen LogP contribution >= 0.6 is 11.3 Å². The van der Waals surface area contributed by atoms with Crippen molar-refractivity contribution in [3.8, 4) is 0 Å². The van der Waals surface area contributed by atoms with Crippen LogP contribution in [0.3, 0.4) is 0 Å². The quantitative estimate of drug-likeness (QED) is 0.840. The molecule has 3 rings (SSSR count). The molecule has 1 aliphatic rings. The van der Waals surface area contributed by atoms with Crippen molar-refractivity contribution in [3.63, 3.8) is 0 Å². The number of ether oxygens (including phenoxy) is 1. The Bertz CT molecular complexity index is 524. The maximum absolute atomic E-state index is 5.89. The van der Waals surface area contributed by atoms with E-state index in [-0.39, 0.29) is 0 Å². The predicted molar refractivity (Wildman–Crippen MR) is 77.6 cm³/mol. The van der Waals surface area contributed by atoms with E-state index >= 15 is 0 Å². The summed E-state index contributed by atoms with van der Waals surface area (Å²) in [5, 5.41) is 10.2. The highest BCUT2D eigenvalue weighted by Crippen LogP contribution is 2.26. The number of hydrogen-bond acceptors (Lipinski definition) is 5. The maximum Gasteiger partial charge on any atom is 0.242 e. The Balaban J connectivity index is 1.49. The first-order valence-electron chi connectivity index (χ1n) is 7.25. The van der Waals surface area contributed by atoms with E-state index in [1.807, 2.05) is 6.07 Å². The molecule has 0 saturated heterocycles. The van der Waals surface area contributed by atoms with Gasteiger partial charge in [0.05, 0.1) is 12.5 Å². The average Bonchev–Trinajstić information content (AvgIpc) is 3.09. The standard InChI is InChI=1S/C15H20N2O2S/c1-11-4-2-5-12(8-11)18-10-15-17-16-14(19-15)9-13-6-3-7-20-13/h3,6-7,11-12H,2,4-5,8-10H2,1H3/t11-,12-/m1/s1. The number of nitrogens with zero attached hydrogens (tertiary/aromatic N) is 2. The highest BCUT2D eigenvalue weighted by atomic mass is 32.1. The normalized spacial score (nSPS) is 23.1. The second-order valence-corrected chi connectivity index (χ2v) is 6.58. The zero-order chi connectivity index (χ0) is 13.8. The van der Waals surface area contributed by atoms with E-state index in [1.165, 1.54) is 17.7 Å². The fourth-order valence-corrected chi connectivity index (χ4v) is 3.40. The summed E-state index contributed by atoms with van der Waals surface area (Å²) in [4.78, 5) is 1.24. The lowest BCUT2D eigenvalue weighted by Gasteiger charge is -2.26. The number of thiophene rings is 1. The Morgan fingerprint density at radius 3 is 3.05 bits per heavy atom. The van der Waals surface area contributed by atoms with Crippen LogP contribution < -0.4 is 0 Å². The molecule has 1 aliphatic carbocycles. The molecule has 0 unspecified atom stereocenters. The van der Waals surface area contributed by atoms with Crippen molar-refractivity contribution in [3.05, 3.63) is 34.2 Å². The molecule has 0 amide bonds. The summed E-state index contributed by atoms with van der Waals surface area (Å²) >= 11 is 1.70. The molecule has 0 N–H and O–H groups in total. The van der Waals surface area contributed by atoms with Crippen molar-refractivity contribution in [1.29, 1.82) is 0 Å². The van der Waals surface area contributed by atoms with E-state index in [0.717, 1.165) is 18.8 Å². The first-order valence-corrected chi connectivity index (χ1v) is 8.13. The van der Waals surface area contributed by atoms with Crippen LogP contribution in [-0.2, 0) is 17.8 Å². The summed E-state index contributed by atoms with van der Waals surface area (Å²) in [5.41, 5.74) is 0. The van der Waals surface area contributed by atoms with E-state index in [4.69, 9.17) is 9.15 Å². The molecule has 2 aromatic heterocycles. The van der Waals surface area contributed by atoms with Gasteiger partial charge in [-0.2, -0.15) is 0 Å². The van der Waals surface area contributed by atoms with E-state index in [0.29, 0.717) is 30.9 Å². The Labute approximate surface area is 123 Å². The monoisotopic (exact) mass is 292 g/mol. The third-order valence-electron chi connectivity index (χ3n) is 3.75. The third-order valence-corrected chi connectivity index (χ3v) is 4.62. The third kappa shape index (κ3) is 3.67. The molecule has 0 radical (unpaired) electrons. The molecular weight excluding hydrogens is 272 g/mol. The summed E-state index contributed by atoms with van der Waals surface area (Å²) in [7, 11) is 0. The summed E-state index contributed by atoms with van der Waals surface area (Å²) in [6.07, 6.45) is 5.96. The van der Waals surface area contributed by atoms with E-state index in [2.05, 4.69) is 28.6 Å². The van der Waals surface area contributed by atoms with Gasteiger partial charge in [-0.05, 0) is 30.2 Å². The van der Waals surface area contributed by atoms with Crippen LogP contribution in [0.4, 0.5) is 0 Å². The molecule has 1 saturated carbocycles. The molecule has 2 heterocycles. The van der Waals surface area contributed by atoms with Gasteiger partial charge in [0.15, 0.2) is 0 Å². The molecule has 0 bridgehead atoms. The molecule has 4 nitrogen and oxygen atoms in total. The number of rotatable bonds is 5. The Morgan fingerprint density at radius 2 is 2.25 bits per heavy atom. The Kier molecular flexibility index (Phi) is 4.47. The van der Waals surface area contributed by atoms with Crippen molar-refractivity contribution in [2.24, 2.45) is 5.92 Å². The molecule has 0 spiro atoms. The summed E-state index contributed by atoms with van der Waals surface area (Å²) in [5.74, 6) is 2.03. The van der Waals surface area contributed by atoms with Gasteiger partial charge in [0.2, 0.25) is 11.8 Å². The van der Waals surface area contributed by atoms with Crippen LogP contribution in [0.25, 0.3) is 0 Å². The first kappa shape index (κ1) is 13.8. The van der Waals surface area contributed by atoms with Crippen molar-refractivity contribution < 1.29 is 9.15 Å². The lowest BCUT2D eigenvalue weighted by molar-refractivity contribution is -0.00488. The highest BCUT2D eigenvalue weighted by Gasteiger charge is 2.20. The molecule has 0 aliphatic heterocycles. The minimum Gasteiger partial charge on any atom is -0.422 e. The van der Waals surface area contributed by atoms with Crippen molar-refractivity contribution in [1.82, 2.24) is 10.2 Å². The summed E-state index contributed by atoms with van der Waals surface area (Å²) in [6, 6.07) is 4.11. The molecule has 0 aromatic carbocycles. The Morgan fingerprint density at radius 1 is 1.35 bits per heavy atom. The Hall–Kier alpha value is -1.20. The molecule has 108 valence electrons. The maximum atomic E-state index is 5.89. The van der Waals surface area contributed by atoms with Crippen LogP contribution in [0.5, 0.6) is 0 Å². The predicted octanol–water partition coefficient (Wildman–Crippen LogP) is 3.82. The largest absolute Gasteiger partial charge is 0.422 e. The second kappa shape index (κ2) is 6.50. The van der Waals surface area contributed by atoms with Crippen LogP contribution in [-0.4, -0.2) is 16.3 Å². The van der Waals surface area contributed by atoms with Crippen LogP contribution in [0.15, 0.2) is 21.9 Å². The lowest BCUT2D eigenvalue weighted by Crippen LogP contribution is -2.21. The van der Waals surface area contributed by atoms with Gasteiger partial charge in [-0.15, -0.1) is 21.5 Å². The van der Waals surface area contributed by atoms with Crippen LogP contribution in [0, 0.1) is 5.92 Å². The van der Waals surface area contributed by atoms with Gasteiger partial charge in [-0.3, -0.25) is 0 Å². The molecule has 20 heavy (non-hydrogen) atoms. The zero-order valence-electron chi connectivity index (χ0n) is 11.7. The highest BCUT2D eigenvalue weighted by molar-refractivity contribution is 7.09. The molecule has 2 aromatic rings. The fourth-order valence-electron chi connectivity index (χ4n) is 2.70. The smallest absolute Gasteiger partial charge is 0.242 e. The van der Waals surface area contributed by atoms with Gasteiger partial charge in [-0.1, -0.05) is 25.8 Å². The van der Waals surface area contributed by atoms with Crippen LogP contribution in [0.1, 0.15) is 49.3 Å². The minimum absolute atomic E-state index is 0.353. The summed E-state index contributed by atoms with van der Waals surface area (Å²) < 4.78 is 11.5. The van der Waals surface area contributed by atoms with Crippen molar-refractivity contribution in [2.75, 3.05) is 0 Å². The van der Waals surface area contributed by atoms with Gasteiger partial charge in [0, 0.05) is 4.88 Å². The molecule has 1 fully saturated rings. The average molecular weight is 292 g/mol. The van der Waals surface area contributed by atoms with Crippen molar-refractivity contribution in [2.45, 2.75) is 51.7 Å². The number of hydrogen-bond donors (Lipinski definition) is 0. The van der Waals surface area contributed by atoms with Gasteiger partial charge in [0.25, 0.3) is 0 Å². The van der Waals surface area contributed by atoms with Crippen molar-refractivity contribution >= 4 is 11.3 Å². The van der Waals surface area contributed by atoms with E-state index < -0.39 is 0 Å². The minimum atomic E-state index is 0.353. The molecular formula is C15H20N2O2S. The van der Waals surface area contributed by atoms with Gasteiger partial charge < -0.3 is 9.15 Å². The lowest BCUT2D eigenvalue weighted by atomic mass is 9.89. The second-order valence-electron chi connectivity index (χ2n) is 5.55. The molecule has 2 atom stereocenters. The first-order chi connectivity index (χ1) is 9.79. The molecule has 5 heteroatoms. The topological polar surface area (TPSA) is 48.2 Å². The zero-order valence-corrected chi connectivity index (χ0v) is 12.6. The van der Waals surface area contributed by atoms with Crippen LogP contribution in [0.2, 0.25) is 0 Å². The number of aromatic nitrogens is 2. The van der Waals surface area contributed by atoms with Gasteiger partial charge >= 0.3 is 0 Å². The fraction of sp³-hybridized carbons (Fsp3) is 0.600. The summed E-state index contributed by atoms with van der Waals surface area (Å²) in [6.45, 7) is 2.73. The van der Waals surface area contributed by atoms with Gasteiger partial charge in [-0.25, -0.2) is 0 Å².